The summed E-state index contributed by atoms with van der Waals surface area (Å²) in [5, 5.41) is 15.0. The van der Waals surface area contributed by atoms with Gasteiger partial charge in [0.25, 0.3) is 0 Å². The lowest BCUT2D eigenvalue weighted by molar-refractivity contribution is -0.0541. The van der Waals surface area contributed by atoms with Gasteiger partial charge in [-0.05, 0) is 31.2 Å². The average molecular weight is 280 g/mol. The third kappa shape index (κ3) is 3.61. The molecule has 1 aliphatic rings. The molecule has 2 rings (SSSR count). The van der Waals surface area contributed by atoms with Crippen molar-refractivity contribution >= 4 is 0 Å². The molecule has 1 aliphatic carbocycles. The van der Waals surface area contributed by atoms with Gasteiger partial charge in [-0.3, -0.25) is 4.68 Å². The van der Waals surface area contributed by atoms with Crippen molar-refractivity contribution in [1.29, 1.82) is 0 Å². The number of aromatic nitrogens is 2. The van der Waals surface area contributed by atoms with Crippen molar-refractivity contribution in [3.8, 4) is 0 Å². The predicted molar refractivity (Wildman–Crippen MR) is 79.7 cm³/mol. The highest BCUT2D eigenvalue weighted by Crippen LogP contribution is 2.30. The lowest BCUT2D eigenvalue weighted by Crippen LogP contribution is -2.38. The second-order valence-electron chi connectivity index (χ2n) is 5.97. The molecule has 0 spiro atoms. The molecule has 4 nitrogen and oxygen atoms in total. The zero-order valence-corrected chi connectivity index (χ0v) is 13.0. The molecule has 1 N–H and O–H groups in total. The number of hydrogen-bond acceptors (Lipinski definition) is 3. The third-order valence-electron chi connectivity index (χ3n) is 4.57. The largest absolute Gasteiger partial charge is 0.390 e. The van der Waals surface area contributed by atoms with Crippen LogP contribution in [-0.4, -0.2) is 34.2 Å². The highest BCUT2D eigenvalue weighted by molar-refractivity contribution is 5.11. The van der Waals surface area contributed by atoms with E-state index in [-0.39, 0.29) is 6.10 Å². The lowest BCUT2D eigenvalue weighted by atomic mass is 9.82. The third-order valence-corrected chi connectivity index (χ3v) is 4.57. The first-order valence-corrected chi connectivity index (χ1v) is 7.88. The Kier molecular flexibility index (Phi) is 5.61. The molecule has 114 valence electrons. The second-order valence-corrected chi connectivity index (χ2v) is 5.97. The first-order valence-electron chi connectivity index (χ1n) is 7.88. The Bertz CT molecular complexity index is 411. The molecule has 2 atom stereocenters. The van der Waals surface area contributed by atoms with E-state index in [4.69, 9.17) is 4.74 Å². The molecule has 1 fully saturated rings. The molecular formula is C16H28N2O2. The summed E-state index contributed by atoms with van der Waals surface area (Å²) in [4.78, 5) is 0. The van der Waals surface area contributed by atoms with E-state index >= 15 is 0 Å². The van der Waals surface area contributed by atoms with E-state index in [1.165, 1.54) is 32.1 Å². The Labute approximate surface area is 122 Å². The molecular weight excluding hydrogens is 252 g/mol. The topological polar surface area (TPSA) is 47.3 Å². The smallest absolute Gasteiger partial charge is 0.0862 e. The van der Waals surface area contributed by atoms with E-state index in [1.54, 1.807) is 7.11 Å². The van der Waals surface area contributed by atoms with E-state index in [0.717, 1.165) is 17.8 Å². The minimum Gasteiger partial charge on any atom is -0.390 e. The van der Waals surface area contributed by atoms with Crippen molar-refractivity contribution in [1.82, 2.24) is 9.78 Å². The molecule has 0 aliphatic heterocycles. The Balaban J connectivity index is 2.00. The molecule has 0 aromatic carbocycles. The molecule has 0 saturated heterocycles. The van der Waals surface area contributed by atoms with Gasteiger partial charge in [0.1, 0.15) is 0 Å². The maximum atomic E-state index is 10.6. The van der Waals surface area contributed by atoms with Crippen LogP contribution in [-0.2, 0) is 24.6 Å². The Morgan fingerprint density at radius 1 is 1.40 bits per heavy atom. The zero-order valence-electron chi connectivity index (χ0n) is 13.0. The van der Waals surface area contributed by atoms with E-state index in [0.29, 0.717) is 12.3 Å². The van der Waals surface area contributed by atoms with Crippen LogP contribution >= 0.6 is 0 Å². The van der Waals surface area contributed by atoms with E-state index in [1.807, 2.05) is 11.7 Å². The van der Waals surface area contributed by atoms with Crippen LogP contribution in [0.5, 0.6) is 0 Å². The predicted octanol–water partition coefficient (Wildman–Crippen LogP) is 2.48. The monoisotopic (exact) mass is 280 g/mol. The number of nitrogens with zero attached hydrogens (tertiary/aromatic N) is 2. The summed E-state index contributed by atoms with van der Waals surface area (Å²) in [7, 11) is 3.67. The first-order chi connectivity index (χ1) is 9.65. The fourth-order valence-corrected chi connectivity index (χ4v) is 3.39. The van der Waals surface area contributed by atoms with E-state index < -0.39 is 6.10 Å². The fourth-order valence-electron chi connectivity index (χ4n) is 3.39. The van der Waals surface area contributed by atoms with Gasteiger partial charge >= 0.3 is 0 Å². The van der Waals surface area contributed by atoms with Crippen molar-refractivity contribution in [3.63, 3.8) is 0 Å². The van der Waals surface area contributed by atoms with Crippen LogP contribution in [0.2, 0.25) is 0 Å². The molecule has 1 saturated carbocycles. The van der Waals surface area contributed by atoms with Crippen LogP contribution in [0.3, 0.4) is 0 Å². The van der Waals surface area contributed by atoms with E-state index in [2.05, 4.69) is 18.1 Å². The van der Waals surface area contributed by atoms with Gasteiger partial charge in [-0.2, -0.15) is 5.10 Å². The number of methoxy groups -OCH3 is 1. The molecule has 2 unspecified atom stereocenters. The van der Waals surface area contributed by atoms with Gasteiger partial charge in [0.2, 0.25) is 0 Å². The first kappa shape index (κ1) is 15.5. The van der Waals surface area contributed by atoms with Gasteiger partial charge in [-0.1, -0.05) is 26.2 Å². The summed E-state index contributed by atoms with van der Waals surface area (Å²) in [5.74, 6) is 0.502. The quantitative estimate of drug-likeness (QED) is 0.871. The van der Waals surface area contributed by atoms with Crippen LogP contribution in [0.15, 0.2) is 6.07 Å². The lowest BCUT2D eigenvalue weighted by Gasteiger charge is -2.32. The maximum absolute atomic E-state index is 10.6. The van der Waals surface area contributed by atoms with Crippen molar-refractivity contribution < 1.29 is 9.84 Å². The fraction of sp³-hybridized carbons (Fsp3) is 0.812. The van der Waals surface area contributed by atoms with Crippen molar-refractivity contribution in [2.45, 2.75) is 64.1 Å². The molecule has 20 heavy (non-hydrogen) atoms. The maximum Gasteiger partial charge on any atom is 0.0862 e. The molecule has 0 amide bonds. The second kappa shape index (κ2) is 7.23. The van der Waals surface area contributed by atoms with Gasteiger partial charge in [-0.25, -0.2) is 0 Å². The summed E-state index contributed by atoms with van der Waals surface area (Å²) >= 11 is 0. The highest BCUT2D eigenvalue weighted by atomic mass is 16.5. The van der Waals surface area contributed by atoms with Crippen molar-refractivity contribution in [2.24, 2.45) is 13.0 Å². The van der Waals surface area contributed by atoms with Gasteiger partial charge in [-0.15, -0.1) is 0 Å². The van der Waals surface area contributed by atoms with Crippen molar-refractivity contribution in [2.75, 3.05) is 7.11 Å². The number of aryl methyl sites for hydroxylation is 2. The summed E-state index contributed by atoms with van der Waals surface area (Å²) in [6.07, 6.45) is 7.29. The molecule has 4 heteroatoms. The minimum absolute atomic E-state index is 0.0460. The summed E-state index contributed by atoms with van der Waals surface area (Å²) in [6, 6.07) is 2.09. The van der Waals surface area contributed by atoms with Gasteiger partial charge in [0.15, 0.2) is 0 Å². The standard InChI is InChI=1S/C16H28N2O2/c1-4-13-10-14(18(2)17-13)11-15(19)16(20-3)12-8-6-5-7-9-12/h10,12,15-16,19H,4-9,11H2,1-3H3. The Morgan fingerprint density at radius 2 is 2.10 bits per heavy atom. The minimum atomic E-state index is -0.441. The summed E-state index contributed by atoms with van der Waals surface area (Å²) in [5.41, 5.74) is 2.17. The van der Waals surface area contributed by atoms with Gasteiger partial charge < -0.3 is 9.84 Å². The molecule has 1 aromatic rings. The summed E-state index contributed by atoms with van der Waals surface area (Å²) in [6.45, 7) is 2.10. The molecule has 1 aromatic heterocycles. The number of rotatable bonds is 6. The van der Waals surface area contributed by atoms with Crippen LogP contribution in [0, 0.1) is 5.92 Å². The highest BCUT2D eigenvalue weighted by Gasteiger charge is 2.30. The average Bonchev–Trinajstić information content (AvgIpc) is 2.81. The van der Waals surface area contributed by atoms with Crippen LogP contribution in [0.25, 0.3) is 0 Å². The molecule has 0 radical (unpaired) electrons. The van der Waals surface area contributed by atoms with Gasteiger partial charge in [0, 0.05) is 26.3 Å². The SMILES string of the molecule is CCc1cc(CC(O)C(OC)C2CCCCC2)n(C)n1. The Hall–Kier alpha value is -0.870. The number of ether oxygens (including phenoxy) is 1. The zero-order chi connectivity index (χ0) is 14.5. The van der Waals surface area contributed by atoms with Crippen LogP contribution in [0.4, 0.5) is 0 Å². The normalized spacial score (nSPS) is 20.0. The Morgan fingerprint density at radius 3 is 2.65 bits per heavy atom. The molecule has 1 heterocycles. The van der Waals surface area contributed by atoms with E-state index in [9.17, 15) is 5.11 Å². The van der Waals surface area contributed by atoms with Crippen LogP contribution in [0.1, 0.15) is 50.4 Å². The van der Waals surface area contributed by atoms with Crippen molar-refractivity contribution in [3.05, 3.63) is 17.5 Å². The molecule has 0 bridgehead atoms. The number of aliphatic hydroxyl groups is 1. The number of hydrogen-bond donors (Lipinski definition) is 1. The number of aliphatic hydroxyl groups excluding tert-OH is 1. The van der Waals surface area contributed by atoms with Crippen LogP contribution < -0.4 is 0 Å². The van der Waals surface area contributed by atoms with Gasteiger partial charge in [0.05, 0.1) is 17.9 Å². The summed E-state index contributed by atoms with van der Waals surface area (Å²) < 4.78 is 7.50.